The molecule has 6 heteroatoms. The first-order chi connectivity index (χ1) is 9.36. The lowest BCUT2D eigenvalue weighted by molar-refractivity contribution is 0.618. The van der Waals surface area contributed by atoms with Crippen molar-refractivity contribution >= 4 is 22.8 Å². The van der Waals surface area contributed by atoms with E-state index in [2.05, 4.69) is 30.8 Å². The molecule has 0 atom stereocenters. The van der Waals surface area contributed by atoms with Gasteiger partial charge in [-0.05, 0) is 12.8 Å². The number of fused-ring (bicyclic) bond motifs is 1. The van der Waals surface area contributed by atoms with Crippen molar-refractivity contribution in [1.82, 2.24) is 20.2 Å². The maximum Gasteiger partial charge on any atom is 0.226 e. The van der Waals surface area contributed by atoms with E-state index in [4.69, 9.17) is 0 Å². The van der Waals surface area contributed by atoms with Crippen molar-refractivity contribution in [3.8, 4) is 0 Å². The third kappa shape index (κ3) is 2.62. The van der Waals surface area contributed by atoms with Gasteiger partial charge in [0.2, 0.25) is 5.95 Å². The highest BCUT2D eigenvalue weighted by Gasteiger charge is 2.15. The van der Waals surface area contributed by atoms with E-state index in [1.54, 1.807) is 6.20 Å². The molecule has 2 aromatic rings. The second-order valence-electron chi connectivity index (χ2n) is 5.11. The molecule has 1 aliphatic rings. The number of nitrogens with zero attached hydrogens (tertiary/aromatic N) is 3. The van der Waals surface area contributed by atoms with Crippen molar-refractivity contribution in [2.75, 3.05) is 17.7 Å². The fourth-order valence-corrected chi connectivity index (χ4v) is 2.67. The Kier molecular flexibility index (Phi) is 3.48. The quantitative estimate of drug-likeness (QED) is 0.739. The normalized spacial score (nSPS) is 17.3. The van der Waals surface area contributed by atoms with Crippen LogP contribution in [-0.4, -0.2) is 33.3 Å². The first kappa shape index (κ1) is 12.2. The van der Waals surface area contributed by atoms with Crippen LogP contribution in [-0.2, 0) is 0 Å². The van der Waals surface area contributed by atoms with Gasteiger partial charge in [-0.25, -0.2) is 0 Å². The molecule has 19 heavy (non-hydrogen) atoms. The first-order valence-corrected chi connectivity index (χ1v) is 7.02. The van der Waals surface area contributed by atoms with E-state index in [-0.39, 0.29) is 0 Å². The van der Waals surface area contributed by atoms with Crippen LogP contribution in [0.4, 0.5) is 11.8 Å². The first-order valence-electron chi connectivity index (χ1n) is 7.02. The standard InChI is InChI=1S/C13H20N6/c1-14-13-17-11(10-8-15-19-12(10)18-13)16-9-6-4-2-3-5-7-9/h8-9H,2-7H2,1H3,(H3,14,15,16,17,18,19). The Hall–Kier alpha value is -1.85. The van der Waals surface area contributed by atoms with Gasteiger partial charge in [-0.2, -0.15) is 15.1 Å². The Morgan fingerprint density at radius 3 is 2.68 bits per heavy atom. The van der Waals surface area contributed by atoms with Crippen molar-refractivity contribution in [3.05, 3.63) is 6.20 Å². The SMILES string of the molecule is CNc1nc(NC2CCCCCC2)c2cn[nH]c2n1. The van der Waals surface area contributed by atoms with Crippen molar-refractivity contribution < 1.29 is 0 Å². The van der Waals surface area contributed by atoms with Crippen LogP contribution < -0.4 is 10.6 Å². The van der Waals surface area contributed by atoms with Crippen LogP contribution in [0.25, 0.3) is 11.0 Å². The van der Waals surface area contributed by atoms with E-state index in [1.165, 1.54) is 38.5 Å². The predicted octanol–water partition coefficient (Wildman–Crippen LogP) is 2.53. The van der Waals surface area contributed by atoms with Crippen LogP contribution in [0.1, 0.15) is 38.5 Å². The van der Waals surface area contributed by atoms with Gasteiger partial charge in [0, 0.05) is 13.1 Å². The van der Waals surface area contributed by atoms with Gasteiger partial charge in [0.05, 0.1) is 11.6 Å². The topological polar surface area (TPSA) is 78.5 Å². The predicted molar refractivity (Wildman–Crippen MR) is 76.3 cm³/mol. The summed E-state index contributed by atoms with van der Waals surface area (Å²) in [5.74, 6) is 1.50. The van der Waals surface area contributed by atoms with E-state index < -0.39 is 0 Å². The number of H-pyrrole nitrogens is 1. The highest BCUT2D eigenvalue weighted by Crippen LogP contribution is 2.24. The van der Waals surface area contributed by atoms with Crippen LogP contribution in [0, 0.1) is 0 Å². The van der Waals surface area contributed by atoms with Gasteiger partial charge in [0.15, 0.2) is 5.65 Å². The van der Waals surface area contributed by atoms with Gasteiger partial charge in [-0.3, -0.25) is 5.10 Å². The fraction of sp³-hybridized carbons (Fsp3) is 0.615. The summed E-state index contributed by atoms with van der Waals surface area (Å²) in [6.45, 7) is 0. The number of nitrogens with one attached hydrogen (secondary N) is 3. The zero-order chi connectivity index (χ0) is 13.1. The molecule has 6 nitrogen and oxygen atoms in total. The molecule has 1 aliphatic carbocycles. The Labute approximate surface area is 112 Å². The van der Waals surface area contributed by atoms with E-state index >= 15 is 0 Å². The van der Waals surface area contributed by atoms with Gasteiger partial charge < -0.3 is 10.6 Å². The average molecular weight is 260 g/mol. The zero-order valence-electron chi connectivity index (χ0n) is 11.2. The number of hydrogen-bond donors (Lipinski definition) is 3. The molecule has 1 fully saturated rings. The van der Waals surface area contributed by atoms with Crippen molar-refractivity contribution in [1.29, 1.82) is 0 Å². The summed E-state index contributed by atoms with van der Waals surface area (Å²) >= 11 is 0. The molecule has 1 saturated carbocycles. The smallest absolute Gasteiger partial charge is 0.226 e. The minimum atomic E-state index is 0.514. The molecule has 0 aromatic carbocycles. The highest BCUT2D eigenvalue weighted by molar-refractivity contribution is 5.87. The molecule has 102 valence electrons. The molecule has 0 saturated heterocycles. The minimum absolute atomic E-state index is 0.514. The lowest BCUT2D eigenvalue weighted by Crippen LogP contribution is -2.19. The Balaban J connectivity index is 1.87. The molecule has 2 aromatic heterocycles. The summed E-state index contributed by atoms with van der Waals surface area (Å²) < 4.78 is 0. The molecule has 0 radical (unpaired) electrons. The lowest BCUT2D eigenvalue weighted by Gasteiger charge is -2.17. The van der Waals surface area contributed by atoms with Crippen molar-refractivity contribution in [2.24, 2.45) is 0 Å². The number of aromatic amines is 1. The zero-order valence-corrected chi connectivity index (χ0v) is 11.2. The Morgan fingerprint density at radius 1 is 1.16 bits per heavy atom. The summed E-state index contributed by atoms with van der Waals surface area (Å²) in [6.07, 6.45) is 9.53. The fourth-order valence-electron chi connectivity index (χ4n) is 2.67. The van der Waals surface area contributed by atoms with E-state index in [9.17, 15) is 0 Å². The van der Waals surface area contributed by atoms with Crippen molar-refractivity contribution in [2.45, 2.75) is 44.6 Å². The minimum Gasteiger partial charge on any atom is -0.367 e. The van der Waals surface area contributed by atoms with Gasteiger partial charge in [0.1, 0.15) is 5.82 Å². The lowest BCUT2D eigenvalue weighted by atomic mass is 10.1. The molecule has 0 amide bonds. The van der Waals surface area contributed by atoms with Crippen LogP contribution in [0.2, 0.25) is 0 Å². The molecule has 3 rings (SSSR count). The summed E-state index contributed by atoms with van der Waals surface area (Å²) in [7, 11) is 1.83. The summed E-state index contributed by atoms with van der Waals surface area (Å²) in [6, 6.07) is 0.514. The van der Waals surface area contributed by atoms with E-state index in [0.29, 0.717) is 12.0 Å². The van der Waals surface area contributed by atoms with Crippen LogP contribution >= 0.6 is 0 Å². The van der Waals surface area contributed by atoms with Crippen LogP contribution in [0.15, 0.2) is 6.20 Å². The summed E-state index contributed by atoms with van der Waals surface area (Å²) in [5.41, 5.74) is 0.774. The molecule has 3 N–H and O–H groups in total. The van der Waals surface area contributed by atoms with Gasteiger partial charge in [0.25, 0.3) is 0 Å². The maximum absolute atomic E-state index is 4.52. The van der Waals surface area contributed by atoms with Crippen molar-refractivity contribution in [3.63, 3.8) is 0 Å². The summed E-state index contributed by atoms with van der Waals surface area (Å²) in [5, 5.41) is 14.5. The average Bonchev–Trinajstić information content (AvgIpc) is 2.76. The number of hydrogen-bond acceptors (Lipinski definition) is 5. The molecule has 0 bridgehead atoms. The van der Waals surface area contributed by atoms with E-state index in [1.807, 2.05) is 7.05 Å². The van der Waals surface area contributed by atoms with Gasteiger partial charge in [-0.1, -0.05) is 25.7 Å². The molecule has 2 heterocycles. The van der Waals surface area contributed by atoms with Crippen LogP contribution in [0.5, 0.6) is 0 Å². The Bertz CT molecular complexity index is 541. The van der Waals surface area contributed by atoms with Gasteiger partial charge >= 0.3 is 0 Å². The van der Waals surface area contributed by atoms with E-state index in [0.717, 1.165) is 16.9 Å². The molecular weight excluding hydrogens is 240 g/mol. The Morgan fingerprint density at radius 2 is 1.95 bits per heavy atom. The number of rotatable bonds is 3. The largest absolute Gasteiger partial charge is 0.367 e. The molecule has 0 aliphatic heterocycles. The highest BCUT2D eigenvalue weighted by atomic mass is 15.2. The third-order valence-corrected chi connectivity index (χ3v) is 3.73. The number of aromatic nitrogens is 4. The van der Waals surface area contributed by atoms with Crippen LogP contribution in [0.3, 0.4) is 0 Å². The molecule has 0 unspecified atom stereocenters. The third-order valence-electron chi connectivity index (χ3n) is 3.73. The number of anilines is 2. The second kappa shape index (κ2) is 5.42. The second-order valence-corrected chi connectivity index (χ2v) is 5.11. The molecular formula is C13H20N6. The monoisotopic (exact) mass is 260 g/mol. The maximum atomic E-state index is 4.52. The summed E-state index contributed by atoms with van der Waals surface area (Å²) in [4.78, 5) is 8.87. The van der Waals surface area contributed by atoms with Gasteiger partial charge in [-0.15, -0.1) is 0 Å². The molecule has 0 spiro atoms.